The molecule has 3 aromatic heterocycles. The first-order valence-electron chi connectivity index (χ1n) is 9.37. The maximum atomic E-state index is 12.7. The third-order valence-corrected chi connectivity index (χ3v) is 5.36. The Labute approximate surface area is 162 Å². The number of nitrogens with zero attached hydrogens (tertiary/aromatic N) is 5. The largest absolute Gasteiger partial charge is 0.321 e. The fourth-order valence-corrected chi connectivity index (χ4v) is 3.85. The molecule has 28 heavy (non-hydrogen) atoms. The SMILES string of the molecule is CN1CCCC1c1cn2cc(NC(=O)c3ccc4cncnc4c3)ccc2n1. The number of nitrogens with one attached hydrogen (secondary N) is 1. The summed E-state index contributed by atoms with van der Waals surface area (Å²) >= 11 is 0. The van der Waals surface area contributed by atoms with Crippen molar-refractivity contribution in [3.8, 4) is 0 Å². The van der Waals surface area contributed by atoms with Crippen LogP contribution in [0.3, 0.4) is 0 Å². The lowest BCUT2D eigenvalue weighted by Crippen LogP contribution is -2.17. The molecule has 1 N–H and O–H groups in total. The molecule has 4 aromatic rings. The van der Waals surface area contributed by atoms with Crippen LogP contribution in [-0.4, -0.2) is 43.8 Å². The van der Waals surface area contributed by atoms with E-state index in [2.05, 4.69) is 33.4 Å². The molecule has 1 unspecified atom stereocenters. The quantitative estimate of drug-likeness (QED) is 0.597. The topological polar surface area (TPSA) is 75.4 Å². The van der Waals surface area contributed by atoms with Gasteiger partial charge in [0.05, 0.1) is 22.9 Å². The second-order valence-corrected chi connectivity index (χ2v) is 7.24. The molecule has 1 fully saturated rings. The number of aromatic nitrogens is 4. The van der Waals surface area contributed by atoms with Crippen LogP contribution in [0.5, 0.6) is 0 Å². The number of benzene rings is 1. The van der Waals surface area contributed by atoms with Crippen molar-refractivity contribution in [3.05, 3.63) is 66.5 Å². The number of pyridine rings is 1. The number of anilines is 1. The van der Waals surface area contributed by atoms with E-state index >= 15 is 0 Å². The molecule has 4 heterocycles. The number of carbonyl (C=O) groups is 1. The minimum atomic E-state index is -0.171. The van der Waals surface area contributed by atoms with Gasteiger partial charge in [0, 0.05) is 29.5 Å². The van der Waals surface area contributed by atoms with E-state index in [0.717, 1.165) is 40.9 Å². The number of likely N-dealkylation sites (tertiary alicyclic amines) is 1. The molecule has 140 valence electrons. The van der Waals surface area contributed by atoms with E-state index in [4.69, 9.17) is 4.98 Å². The van der Waals surface area contributed by atoms with Gasteiger partial charge in [0.15, 0.2) is 0 Å². The van der Waals surface area contributed by atoms with Crippen LogP contribution < -0.4 is 5.32 Å². The fourth-order valence-electron chi connectivity index (χ4n) is 3.85. The lowest BCUT2D eigenvalue weighted by Gasteiger charge is -2.16. The molecule has 0 spiro atoms. The van der Waals surface area contributed by atoms with Gasteiger partial charge in [0.2, 0.25) is 0 Å². The predicted molar refractivity (Wildman–Crippen MR) is 107 cm³/mol. The Bertz CT molecular complexity index is 1180. The summed E-state index contributed by atoms with van der Waals surface area (Å²) in [4.78, 5) is 28.0. The van der Waals surface area contributed by atoms with E-state index in [0.29, 0.717) is 11.6 Å². The van der Waals surface area contributed by atoms with Gasteiger partial charge in [0.25, 0.3) is 5.91 Å². The average Bonchev–Trinajstić information content (AvgIpc) is 3.32. The lowest BCUT2D eigenvalue weighted by molar-refractivity contribution is 0.102. The Morgan fingerprint density at radius 3 is 3.00 bits per heavy atom. The summed E-state index contributed by atoms with van der Waals surface area (Å²) in [5, 5.41) is 3.87. The summed E-state index contributed by atoms with van der Waals surface area (Å²) in [5.74, 6) is -0.171. The van der Waals surface area contributed by atoms with Crippen molar-refractivity contribution >= 4 is 28.1 Å². The summed E-state index contributed by atoms with van der Waals surface area (Å²) in [6.45, 7) is 1.11. The van der Waals surface area contributed by atoms with Crippen LogP contribution in [0.2, 0.25) is 0 Å². The van der Waals surface area contributed by atoms with Gasteiger partial charge in [-0.25, -0.2) is 15.0 Å². The number of imidazole rings is 1. The average molecular weight is 372 g/mol. The van der Waals surface area contributed by atoms with Crippen LogP contribution in [0.15, 0.2) is 55.2 Å². The molecule has 1 aliphatic heterocycles. The van der Waals surface area contributed by atoms with Crippen molar-refractivity contribution in [2.24, 2.45) is 0 Å². The van der Waals surface area contributed by atoms with Crippen molar-refractivity contribution < 1.29 is 4.79 Å². The summed E-state index contributed by atoms with van der Waals surface area (Å²) < 4.78 is 1.98. The molecular weight excluding hydrogens is 352 g/mol. The standard InChI is InChI=1S/C21H20N6O/c1-26-8-2-3-19(26)18-12-27-11-16(6-7-20(27)25-18)24-21(28)14-4-5-15-10-22-13-23-17(15)9-14/h4-7,9-13,19H,2-3,8H2,1H3,(H,24,28). The molecule has 7 nitrogen and oxygen atoms in total. The van der Waals surface area contributed by atoms with Crippen molar-refractivity contribution in [2.75, 3.05) is 18.9 Å². The van der Waals surface area contributed by atoms with Gasteiger partial charge >= 0.3 is 0 Å². The molecule has 0 bridgehead atoms. The fraction of sp³-hybridized carbons (Fsp3) is 0.238. The first-order valence-corrected chi connectivity index (χ1v) is 9.37. The summed E-state index contributed by atoms with van der Waals surface area (Å²) in [7, 11) is 2.14. The van der Waals surface area contributed by atoms with Crippen LogP contribution in [0.4, 0.5) is 5.69 Å². The molecule has 1 aliphatic rings. The third-order valence-electron chi connectivity index (χ3n) is 5.36. The van der Waals surface area contributed by atoms with Gasteiger partial charge < -0.3 is 9.72 Å². The van der Waals surface area contributed by atoms with Gasteiger partial charge in [-0.2, -0.15) is 0 Å². The number of hydrogen-bond acceptors (Lipinski definition) is 5. The first-order chi connectivity index (χ1) is 13.7. The minimum absolute atomic E-state index is 0.171. The van der Waals surface area contributed by atoms with E-state index in [-0.39, 0.29) is 5.91 Å². The van der Waals surface area contributed by atoms with E-state index in [1.165, 1.54) is 12.7 Å². The monoisotopic (exact) mass is 372 g/mol. The molecule has 0 saturated carbocycles. The van der Waals surface area contributed by atoms with E-state index in [1.54, 1.807) is 18.3 Å². The molecule has 0 aliphatic carbocycles. The van der Waals surface area contributed by atoms with Gasteiger partial charge in [0.1, 0.15) is 12.0 Å². The van der Waals surface area contributed by atoms with Crippen LogP contribution >= 0.6 is 0 Å². The first kappa shape index (κ1) is 16.8. The van der Waals surface area contributed by atoms with Crippen LogP contribution in [0.25, 0.3) is 16.6 Å². The highest BCUT2D eigenvalue weighted by molar-refractivity contribution is 6.06. The maximum Gasteiger partial charge on any atom is 0.255 e. The summed E-state index contributed by atoms with van der Waals surface area (Å²) in [6.07, 6.45) is 9.52. The molecule has 0 radical (unpaired) electrons. The Hall–Kier alpha value is -3.32. The molecule has 1 aromatic carbocycles. The lowest BCUT2D eigenvalue weighted by atomic mass is 10.1. The molecule has 1 amide bonds. The van der Waals surface area contributed by atoms with E-state index in [1.807, 2.05) is 28.8 Å². The van der Waals surface area contributed by atoms with Crippen molar-refractivity contribution in [2.45, 2.75) is 18.9 Å². The summed E-state index contributed by atoms with van der Waals surface area (Å²) in [6, 6.07) is 9.60. The number of hydrogen-bond donors (Lipinski definition) is 1. The predicted octanol–water partition coefficient (Wildman–Crippen LogP) is 3.30. The van der Waals surface area contributed by atoms with Crippen molar-refractivity contribution in [3.63, 3.8) is 0 Å². The zero-order chi connectivity index (χ0) is 19.1. The zero-order valence-corrected chi connectivity index (χ0v) is 15.5. The summed E-state index contributed by atoms with van der Waals surface area (Å²) in [5.41, 5.74) is 4.00. The second-order valence-electron chi connectivity index (χ2n) is 7.24. The Kier molecular flexibility index (Phi) is 4.02. The highest BCUT2D eigenvalue weighted by atomic mass is 16.1. The van der Waals surface area contributed by atoms with Crippen LogP contribution in [0.1, 0.15) is 34.9 Å². The Balaban J connectivity index is 1.40. The zero-order valence-electron chi connectivity index (χ0n) is 15.5. The number of rotatable bonds is 3. The second kappa shape index (κ2) is 6.69. The highest BCUT2D eigenvalue weighted by Gasteiger charge is 2.24. The number of amides is 1. The van der Waals surface area contributed by atoms with Crippen LogP contribution in [-0.2, 0) is 0 Å². The third kappa shape index (κ3) is 2.99. The smallest absolute Gasteiger partial charge is 0.255 e. The van der Waals surface area contributed by atoms with Gasteiger partial charge in [-0.1, -0.05) is 6.07 Å². The number of carbonyl (C=O) groups excluding carboxylic acids is 1. The highest BCUT2D eigenvalue weighted by Crippen LogP contribution is 2.30. The molecule has 1 saturated heterocycles. The Morgan fingerprint density at radius 1 is 1.21 bits per heavy atom. The molecular formula is C21H20N6O. The van der Waals surface area contributed by atoms with Gasteiger partial charge in [-0.05, 0) is 50.7 Å². The minimum Gasteiger partial charge on any atom is -0.321 e. The van der Waals surface area contributed by atoms with E-state index < -0.39 is 0 Å². The van der Waals surface area contributed by atoms with E-state index in [9.17, 15) is 4.79 Å². The number of fused-ring (bicyclic) bond motifs is 2. The maximum absolute atomic E-state index is 12.7. The van der Waals surface area contributed by atoms with Crippen LogP contribution in [0, 0.1) is 0 Å². The molecule has 1 atom stereocenters. The molecule has 5 rings (SSSR count). The Morgan fingerprint density at radius 2 is 2.14 bits per heavy atom. The molecule has 7 heteroatoms. The van der Waals surface area contributed by atoms with Gasteiger partial charge in [-0.3, -0.25) is 9.69 Å². The normalized spacial score (nSPS) is 17.4. The van der Waals surface area contributed by atoms with Gasteiger partial charge in [-0.15, -0.1) is 0 Å². The van der Waals surface area contributed by atoms with Crippen molar-refractivity contribution in [1.29, 1.82) is 0 Å². The van der Waals surface area contributed by atoms with Crippen molar-refractivity contribution in [1.82, 2.24) is 24.3 Å².